The number of pyridine rings is 1. The van der Waals surface area contributed by atoms with Crippen molar-refractivity contribution in [1.29, 1.82) is 0 Å². The van der Waals surface area contributed by atoms with Crippen LogP contribution in [0.5, 0.6) is 0 Å². The minimum absolute atomic E-state index is 0.00245. The van der Waals surface area contributed by atoms with Gasteiger partial charge in [-0.2, -0.15) is 0 Å². The summed E-state index contributed by atoms with van der Waals surface area (Å²) < 4.78 is 1.97. The third-order valence-electron chi connectivity index (χ3n) is 5.41. The zero-order chi connectivity index (χ0) is 18.8. The van der Waals surface area contributed by atoms with Crippen LogP contribution in [0.4, 0.5) is 0 Å². The van der Waals surface area contributed by atoms with Crippen molar-refractivity contribution in [3.05, 3.63) is 60.3 Å². The Labute approximate surface area is 158 Å². The summed E-state index contributed by atoms with van der Waals surface area (Å²) in [6.07, 6.45) is 7.01. The summed E-state index contributed by atoms with van der Waals surface area (Å²) in [6.45, 7) is 2.53. The first-order chi connectivity index (χ1) is 13.1. The molecule has 27 heavy (non-hydrogen) atoms. The van der Waals surface area contributed by atoms with E-state index in [2.05, 4.69) is 21.4 Å². The second-order valence-electron chi connectivity index (χ2n) is 7.31. The first-order valence-electron chi connectivity index (χ1n) is 9.40. The third-order valence-corrected chi connectivity index (χ3v) is 5.41. The molecular weight excluding hydrogens is 340 g/mol. The molecule has 1 amide bonds. The summed E-state index contributed by atoms with van der Waals surface area (Å²) in [7, 11) is 0. The maximum absolute atomic E-state index is 12.6. The van der Waals surface area contributed by atoms with Crippen molar-refractivity contribution in [3.8, 4) is 0 Å². The quantitative estimate of drug-likeness (QED) is 0.705. The van der Waals surface area contributed by atoms with Crippen LogP contribution in [-0.4, -0.2) is 31.7 Å². The van der Waals surface area contributed by atoms with Crippen LogP contribution in [0.1, 0.15) is 36.7 Å². The number of nitrogens with zero attached hydrogens (tertiary/aromatic N) is 3. The molecule has 3 aromatic rings. The van der Waals surface area contributed by atoms with Crippen LogP contribution in [0.15, 0.2) is 48.9 Å². The lowest BCUT2D eigenvalue weighted by molar-refractivity contribution is -0.123. The number of aryl methyl sites for hydroxylation is 2. The number of benzene rings is 1. The Morgan fingerprint density at radius 3 is 2.89 bits per heavy atom. The molecular formula is C21H24N4O2. The monoisotopic (exact) mass is 364 g/mol. The number of para-hydroxylation sites is 1. The number of nitrogens with one attached hydrogen (secondary N) is 1. The van der Waals surface area contributed by atoms with Crippen molar-refractivity contribution in [1.82, 2.24) is 19.9 Å². The fourth-order valence-electron chi connectivity index (χ4n) is 3.74. The highest BCUT2D eigenvalue weighted by molar-refractivity contribution is 5.80. The molecule has 2 aromatic heterocycles. The Hall–Kier alpha value is -2.73. The average molecular weight is 364 g/mol. The first-order valence-corrected chi connectivity index (χ1v) is 9.40. The Bertz CT molecular complexity index is 946. The van der Waals surface area contributed by atoms with Crippen LogP contribution in [-0.2, 0) is 11.3 Å². The third kappa shape index (κ3) is 3.85. The molecule has 1 atom stereocenters. The normalized spacial score (nSPS) is 20.2. The van der Waals surface area contributed by atoms with Gasteiger partial charge in [-0.05, 0) is 43.4 Å². The number of hydrogen-bond acceptors (Lipinski definition) is 4. The molecule has 6 nitrogen and oxygen atoms in total. The van der Waals surface area contributed by atoms with E-state index in [4.69, 9.17) is 0 Å². The van der Waals surface area contributed by atoms with E-state index in [1.54, 1.807) is 6.20 Å². The van der Waals surface area contributed by atoms with E-state index in [0.717, 1.165) is 22.3 Å². The molecule has 6 heteroatoms. The number of aliphatic hydroxyl groups is 1. The van der Waals surface area contributed by atoms with Gasteiger partial charge in [-0.25, -0.2) is 4.98 Å². The second-order valence-corrected chi connectivity index (χ2v) is 7.31. The van der Waals surface area contributed by atoms with Crippen LogP contribution in [0.25, 0.3) is 10.9 Å². The van der Waals surface area contributed by atoms with E-state index >= 15 is 0 Å². The highest BCUT2D eigenvalue weighted by Crippen LogP contribution is 2.38. The van der Waals surface area contributed by atoms with Crippen molar-refractivity contribution in [3.63, 3.8) is 0 Å². The van der Waals surface area contributed by atoms with Gasteiger partial charge in [0.2, 0.25) is 5.91 Å². The van der Waals surface area contributed by atoms with Crippen molar-refractivity contribution in [2.45, 2.75) is 44.9 Å². The smallest absolute Gasteiger partial charge is 0.222 e. The molecule has 2 heterocycles. The summed E-state index contributed by atoms with van der Waals surface area (Å²) in [5.74, 6) is 1.14. The van der Waals surface area contributed by atoms with E-state index in [-0.39, 0.29) is 24.0 Å². The van der Waals surface area contributed by atoms with E-state index in [9.17, 15) is 9.90 Å². The Kier molecular flexibility index (Phi) is 4.90. The minimum Gasteiger partial charge on any atom is -0.393 e. The molecule has 4 rings (SSSR count). The topological polar surface area (TPSA) is 80.0 Å². The molecule has 1 aromatic carbocycles. The lowest BCUT2D eigenvalue weighted by Crippen LogP contribution is -2.41. The van der Waals surface area contributed by atoms with Gasteiger partial charge in [0.15, 0.2) is 0 Å². The van der Waals surface area contributed by atoms with E-state index in [1.807, 2.05) is 48.1 Å². The van der Waals surface area contributed by atoms with E-state index < -0.39 is 0 Å². The van der Waals surface area contributed by atoms with Gasteiger partial charge in [0.1, 0.15) is 5.82 Å². The van der Waals surface area contributed by atoms with Crippen molar-refractivity contribution in [2.24, 2.45) is 5.92 Å². The number of aliphatic hydroxyl groups excluding tert-OH is 1. The molecule has 0 bridgehead atoms. The first kappa shape index (κ1) is 17.7. The number of rotatable bonds is 6. The summed E-state index contributed by atoms with van der Waals surface area (Å²) in [5.41, 5.74) is 1.94. The predicted octanol–water partition coefficient (Wildman–Crippen LogP) is 2.76. The van der Waals surface area contributed by atoms with Gasteiger partial charge < -0.3 is 15.0 Å². The lowest BCUT2D eigenvalue weighted by Gasteiger charge is -2.38. The van der Waals surface area contributed by atoms with Crippen molar-refractivity contribution >= 4 is 16.8 Å². The largest absolute Gasteiger partial charge is 0.393 e. The molecule has 140 valence electrons. The van der Waals surface area contributed by atoms with Crippen molar-refractivity contribution < 1.29 is 9.90 Å². The lowest BCUT2D eigenvalue weighted by atomic mass is 9.75. The van der Waals surface area contributed by atoms with Gasteiger partial charge in [-0.15, -0.1) is 0 Å². The predicted molar refractivity (Wildman–Crippen MR) is 103 cm³/mol. The summed E-state index contributed by atoms with van der Waals surface area (Å²) in [6, 6.07) is 9.94. The number of amides is 1. The van der Waals surface area contributed by atoms with Crippen LogP contribution in [0.3, 0.4) is 0 Å². The molecule has 0 spiro atoms. The standard InChI is InChI=1S/C21H24N4O2/c1-14-22-7-9-25(14)8-6-20(27)24-21(16-11-18(26)12-16)17-10-15-4-2-3-5-19(15)23-13-17/h2-5,7,9-10,13,16,18,21,26H,6,8,11-12H2,1H3,(H,24,27)/t16?,18?,21-/m1/s1. The highest BCUT2D eigenvalue weighted by atomic mass is 16.3. The van der Waals surface area contributed by atoms with Crippen LogP contribution in [0.2, 0.25) is 0 Å². The zero-order valence-corrected chi connectivity index (χ0v) is 15.4. The summed E-state index contributed by atoms with van der Waals surface area (Å²) >= 11 is 0. The van der Waals surface area contributed by atoms with Gasteiger partial charge in [0.25, 0.3) is 0 Å². The summed E-state index contributed by atoms with van der Waals surface area (Å²) in [5, 5.41) is 14.0. The SMILES string of the molecule is Cc1nccn1CCC(=O)N[C@@H](c1cnc2ccccc2c1)C1CC(O)C1. The van der Waals surface area contributed by atoms with Crippen LogP contribution < -0.4 is 5.32 Å². The zero-order valence-electron chi connectivity index (χ0n) is 15.4. The molecule has 1 fully saturated rings. The number of aromatic nitrogens is 3. The number of fused-ring (bicyclic) bond motifs is 1. The molecule has 0 unspecified atom stereocenters. The average Bonchev–Trinajstić information content (AvgIpc) is 3.06. The Morgan fingerprint density at radius 2 is 2.15 bits per heavy atom. The summed E-state index contributed by atoms with van der Waals surface area (Å²) in [4.78, 5) is 21.3. The number of carbonyl (C=O) groups is 1. The van der Waals surface area contributed by atoms with Crippen LogP contribution >= 0.6 is 0 Å². The number of hydrogen-bond donors (Lipinski definition) is 2. The molecule has 2 N–H and O–H groups in total. The van der Waals surface area contributed by atoms with Gasteiger partial charge in [0, 0.05) is 36.9 Å². The maximum Gasteiger partial charge on any atom is 0.222 e. The molecule has 0 radical (unpaired) electrons. The van der Waals surface area contributed by atoms with E-state index in [1.165, 1.54) is 0 Å². The minimum atomic E-state index is -0.267. The Morgan fingerprint density at radius 1 is 1.33 bits per heavy atom. The van der Waals surface area contributed by atoms with Gasteiger partial charge in [-0.3, -0.25) is 9.78 Å². The second kappa shape index (κ2) is 7.48. The fourth-order valence-corrected chi connectivity index (χ4v) is 3.74. The molecule has 0 saturated heterocycles. The Balaban J connectivity index is 1.50. The van der Waals surface area contributed by atoms with Gasteiger partial charge >= 0.3 is 0 Å². The van der Waals surface area contributed by atoms with Crippen molar-refractivity contribution in [2.75, 3.05) is 0 Å². The fraction of sp³-hybridized carbons (Fsp3) is 0.381. The molecule has 0 aliphatic heterocycles. The van der Waals surface area contributed by atoms with Gasteiger partial charge in [-0.1, -0.05) is 18.2 Å². The van der Waals surface area contributed by atoms with E-state index in [0.29, 0.717) is 25.8 Å². The number of imidazole rings is 1. The molecule has 1 aliphatic carbocycles. The maximum atomic E-state index is 12.6. The molecule has 1 saturated carbocycles. The van der Waals surface area contributed by atoms with Crippen LogP contribution in [0, 0.1) is 12.8 Å². The highest BCUT2D eigenvalue weighted by Gasteiger charge is 2.35. The molecule has 1 aliphatic rings. The number of carbonyl (C=O) groups excluding carboxylic acids is 1. The van der Waals surface area contributed by atoms with Gasteiger partial charge in [0.05, 0.1) is 17.7 Å².